The maximum atomic E-state index is 11.7. The molecule has 1 aromatic rings. The van der Waals surface area contributed by atoms with E-state index in [1.54, 1.807) is 14.0 Å². The molecule has 0 unspecified atom stereocenters. The standard InChI is InChI=1S/C14H20O2/c1-6-11-7-8-12(9(2)3)13(10(4)15)14(11)16-5/h7-9H,6H2,1-5H3. The Morgan fingerprint density at radius 2 is 2.00 bits per heavy atom. The summed E-state index contributed by atoms with van der Waals surface area (Å²) in [6.45, 7) is 7.85. The zero-order valence-corrected chi connectivity index (χ0v) is 10.8. The van der Waals surface area contributed by atoms with Gasteiger partial charge in [-0.1, -0.05) is 32.9 Å². The molecular weight excluding hydrogens is 200 g/mol. The second-order valence-corrected chi connectivity index (χ2v) is 4.29. The maximum Gasteiger partial charge on any atom is 0.163 e. The molecule has 2 heteroatoms. The lowest BCUT2D eigenvalue weighted by Crippen LogP contribution is -2.07. The van der Waals surface area contributed by atoms with Gasteiger partial charge in [-0.15, -0.1) is 0 Å². The number of ether oxygens (including phenoxy) is 1. The molecule has 0 spiro atoms. The Kier molecular flexibility index (Phi) is 4.11. The molecule has 0 bridgehead atoms. The molecule has 1 aromatic carbocycles. The van der Waals surface area contributed by atoms with E-state index in [4.69, 9.17) is 4.74 Å². The number of benzene rings is 1. The number of methoxy groups -OCH3 is 1. The molecule has 0 radical (unpaired) electrons. The first-order valence-electron chi connectivity index (χ1n) is 5.73. The minimum atomic E-state index is 0.0795. The highest BCUT2D eigenvalue weighted by Crippen LogP contribution is 2.32. The molecule has 88 valence electrons. The molecule has 1 rings (SSSR count). The molecule has 0 saturated carbocycles. The normalized spacial score (nSPS) is 10.6. The van der Waals surface area contributed by atoms with Crippen LogP contribution in [0, 0.1) is 0 Å². The third-order valence-corrected chi connectivity index (χ3v) is 2.83. The summed E-state index contributed by atoms with van der Waals surface area (Å²) in [6, 6.07) is 4.10. The first kappa shape index (κ1) is 12.8. The number of hydrogen-bond donors (Lipinski definition) is 0. The van der Waals surface area contributed by atoms with Crippen LogP contribution in [0.1, 0.15) is 55.1 Å². The third-order valence-electron chi connectivity index (χ3n) is 2.83. The van der Waals surface area contributed by atoms with E-state index in [0.29, 0.717) is 5.92 Å². The predicted molar refractivity (Wildman–Crippen MR) is 66.5 cm³/mol. The zero-order valence-electron chi connectivity index (χ0n) is 10.8. The number of aryl methyl sites for hydroxylation is 1. The molecule has 16 heavy (non-hydrogen) atoms. The van der Waals surface area contributed by atoms with Crippen LogP contribution in [0.2, 0.25) is 0 Å². The molecule has 0 heterocycles. The van der Waals surface area contributed by atoms with E-state index in [1.165, 1.54) is 0 Å². The molecule has 0 N–H and O–H groups in total. The lowest BCUT2D eigenvalue weighted by Gasteiger charge is -2.17. The first-order chi connectivity index (χ1) is 7.52. The van der Waals surface area contributed by atoms with Crippen molar-refractivity contribution in [1.29, 1.82) is 0 Å². The van der Waals surface area contributed by atoms with Crippen molar-refractivity contribution in [3.63, 3.8) is 0 Å². The zero-order chi connectivity index (χ0) is 12.3. The molecule has 0 fully saturated rings. The summed E-state index contributed by atoms with van der Waals surface area (Å²) in [4.78, 5) is 11.7. The first-order valence-corrected chi connectivity index (χ1v) is 5.73. The summed E-state index contributed by atoms with van der Waals surface area (Å²) in [6.07, 6.45) is 0.877. The molecule has 0 saturated heterocycles. The Bertz CT molecular complexity index is 392. The Balaban J connectivity index is 3.50. The largest absolute Gasteiger partial charge is 0.496 e. The third kappa shape index (κ3) is 2.26. The van der Waals surface area contributed by atoms with E-state index in [-0.39, 0.29) is 5.78 Å². The fourth-order valence-electron chi connectivity index (χ4n) is 2.00. The lowest BCUT2D eigenvalue weighted by molar-refractivity contribution is 0.101. The van der Waals surface area contributed by atoms with Crippen molar-refractivity contribution in [3.8, 4) is 5.75 Å². The van der Waals surface area contributed by atoms with Crippen LogP contribution in [-0.4, -0.2) is 12.9 Å². The molecule has 0 aliphatic heterocycles. The Hall–Kier alpha value is -1.31. The van der Waals surface area contributed by atoms with Crippen molar-refractivity contribution in [2.45, 2.75) is 40.0 Å². The van der Waals surface area contributed by atoms with Gasteiger partial charge in [-0.05, 0) is 30.4 Å². The van der Waals surface area contributed by atoms with E-state index in [2.05, 4.69) is 26.8 Å². The van der Waals surface area contributed by atoms with Crippen molar-refractivity contribution in [2.75, 3.05) is 7.11 Å². The molecule has 0 aliphatic rings. The number of carbonyl (C=O) groups is 1. The van der Waals surface area contributed by atoms with Crippen LogP contribution in [0.4, 0.5) is 0 Å². The van der Waals surface area contributed by atoms with Crippen LogP contribution in [0.3, 0.4) is 0 Å². The van der Waals surface area contributed by atoms with E-state index in [0.717, 1.165) is 28.9 Å². The van der Waals surface area contributed by atoms with Gasteiger partial charge in [-0.2, -0.15) is 0 Å². The van der Waals surface area contributed by atoms with Crippen LogP contribution >= 0.6 is 0 Å². The van der Waals surface area contributed by atoms with Crippen LogP contribution in [-0.2, 0) is 6.42 Å². The smallest absolute Gasteiger partial charge is 0.163 e. The summed E-state index contributed by atoms with van der Waals surface area (Å²) in [5.41, 5.74) is 2.91. The summed E-state index contributed by atoms with van der Waals surface area (Å²) in [7, 11) is 1.63. The highest BCUT2D eigenvalue weighted by atomic mass is 16.5. The Morgan fingerprint density at radius 3 is 2.38 bits per heavy atom. The van der Waals surface area contributed by atoms with Crippen LogP contribution in [0.15, 0.2) is 12.1 Å². The van der Waals surface area contributed by atoms with Crippen LogP contribution < -0.4 is 4.74 Å². The van der Waals surface area contributed by atoms with E-state index in [9.17, 15) is 4.79 Å². The second kappa shape index (κ2) is 5.15. The van der Waals surface area contributed by atoms with Crippen molar-refractivity contribution < 1.29 is 9.53 Å². The maximum absolute atomic E-state index is 11.7. The monoisotopic (exact) mass is 220 g/mol. The molecule has 0 aromatic heterocycles. The minimum absolute atomic E-state index is 0.0795. The number of rotatable bonds is 4. The number of hydrogen-bond acceptors (Lipinski definition) is 2. The fraction of sp³-hybridized carbons (Fsp3) is 0.500. The summed E-state index contributed by atoms with van der Waals surface area (Å²) in [5.74, 6) is 1.16. The quantitative estimate of drug-likeness (QED) is 0.725. The van der Waals surface area contributed by atoms with Crippen molar-refractivity contribution >= 4 is 5.78 Å². The van der Waals surface area contributed by atoms with Crippen molar-refractivity contribution in [1.82, 2.24) is 0 Å². The predicted octanol–water partition coefficient (Wildman–Crippen LogP) is 3.58. The average Bonchev–Trinajstić information content (AvgIpc) is 2.26. The second-order valence-electron chi connectivity index (χ2n) is 4.29. The topological polar surface area (TPSA) is 26.3 Å². The highest BCUT2D eigenvalue weighted by Gasteiger charge is 2.18. The molecular formula is C14H20O2. The Labute approximate surface area is 97.6 Å². The van der Waals surface area contributed by atoms with Crippen LogP contribution in [0.5, 0.6) is 5.75 Å². The van der Waals surface area contributed by atoms with Gasteiger partial charge in [0.15, 0.2) is 5.78 Å². The van der Waals surface area contributed by atoms with Gasteiger partial charge in [0.2, 0.25) is 0 Å². The average molecular weight is 220 g/mol. The van der Waals surface area contributed by atoms with Gasteiger partial charge >= 0.3 is 0 Å². The fourth-order valence-corrected chi connectivity index (χ4v) is 2.00. The minimum Gasteiger partial charge on any atom is -0.496 e. The number of Topliss-reactive ketones (excluding diaryl/α,β-unsaturated/α-hetero) is 1. The van der Waals surface area contributed by atoms with Gasteiger partial charge < -0.3 is 4.74 Å². The summed E-state index contributed by atoms with van der Waals surface area (Å²) in [5, 5.41) is 0. The molecule has 0 amide bonds. The van der Waals surface area contributed by atoms with E-state index < -0.39 is 0 Å². The summed E-state index contributed by atoms with van der Waals surface area (Å²) < 4.78 is 5.40. The molecule has 0 atom stereocenters. The van der Waals surface area contributed by atoms with E-state index in [1.807, 2.05) is 6.07 Å². The number of carbonyl (C=O) groups excluding carboxylic acids is 1. The van der Waals surface area contributed by atoms with Gasteiger partial charge in [-0.25, -0.2) is 0 Å². The van der Waals surface area contributed by atoms with Gasteiger partial charge in [0, 0.05) is 0 Å². The van der Waals surface area contributed by atoms with Gasteiger partial charge in [0.25, 0.3) is 0 Å². The van der Waals surface area contributed by atoms with E-state index >= 15 is 0 Å². The van der Waals surface area contributed by atoms with Crippen LogP contribution in [0.25, 0.3) is 0 Å². The van der Waals surface area contributed by atoms with Crippen molar-refractivity contribution in [2.24, 2.45) is 0 Å². The van der Waals surface area contributed by atoms with Gasteiger partial charge in [0.1, 0.15) is 5.75 Å². The van der Waals surface area contributed by atoms with Gasteiger partial charge in [-0.3, -0.25) is 4.79 Å². The number of ketones is 1. The molecule has 0 aliphatic carbocycles. The Morgan fingerprint density at radius 1 is 1.38 bits per heavy atom. The molecule has 2 nitrogen and oxygen atoms in total. The summed E-state index contributed by atoms with van der Waals surface area (Å²) >= 11 is 0. The SMILES string of the molecule is CCc1ccc(C(C)C)c(C(C)=O)c1OC. The van der Waals surface area contributed by atoms with Gasteiger partial charge in [0.05, 0.1) is 12.7 Å². The van der Waals surface area contributed by atoms with Crippen molar-refractivity contribution in [3.05, 3.63) is 28.8 Å². The lowest BCUT2D eigenvalue weighted by atomic mass is 9.91. The highest BCUT2D eigenvalue weighted by molar-refractivity contribution is 5.99.